The molecule has 0 fully saturated rings. The van der Waals surface area contributed by atoms with Gasteiger partial charge in [-0.2, -0.15) is 0 Å². The monoisotopic (exact) mass is 306 g/mol. The van der Waals surface area contributed by atoms with Crippen molar-refractivity contribution in [2.45, 2.75) is 78.1 Å². The van der Waals surface area contributed by atoms with Crippen LogP contribution < -0.4 is 0 Å². The van der Waals surface area contributed by atoms with Gasteiger partial charge in [0, 0.05) is 6.42 Å². The van der Waals surface area contributed by atoms with E-state index in [9.17, 15) is 4.79 Å². The van der Waals surface area contributed by atoms with Crippen molar-refractivity contribution in [3.8, 4) is 0 Å². The fourth-order valence-corrected chi connectivity index (χ4v) is 2.08. The Labute approximate surface area is 137 Å². The number of carbonyl (C=O) groups excluding carboxylic acids is 1. The molecule has 0 heterocycles. The van der Waals surface area contributed by atoms with Crippen LogP contribution in [0.5, 0.6) is 0 Å². The summed E-state index contributed by atoms with van der Waals surface area (Å²) in [5.74, 6) is -0.0698. The standard InChI is InChI=1S/C20H34O2/c1-3-5-6-7-8-9-10-11-12-13-14-15-16-17-18-19-20(21)22-4-2/h5-6,11-12,14-15H,3-4,7-10,13,16-19H2,1-2H3/b6-5-,12-11-,15-14-. The SMILES string of the molecule is CC/C=C\CCCC/C=C\C/C=C\CCCCC(=O)OCC. The summed E-state index contributed by atoms with van der Waals surface area (Å²) < 4.78 is 4.89. The van der Waals surface area contributed by atoms with Crippen molar-refractivity contribution in [3.63, 3.8) is 0 Å². The Bertz CT molecular complexity index is 327. The maximum absolute atomic E-state index is 11.1. The third-order valence-electron chi connectivity index (χ3n) is 3.31. The molecule has 2 heteroatoms. The van der Waals surface area contributed by atoms with Gasteiger partial charge in [-0.05, 0) is 64.7 Å². The zero-order chi connectivity index (χ0) is 16.3. The lowest BCUT2D eigenvalue weighted by molar-refractivity contribution is -0.143. The minimum atomic E-state index is -0.0698. The quantitative estimate of drug-likeness (QED) is 0.219. The van der Waals surface area contributed by atoms with E-state index in [1.165, 1.54) is 25.7 Å². The van der Waals surface area contributed by atoms with Crippen LogP contribution in [0.25, 0.3) is 0 Å². The zero-order valence-corrected chi connectivity index (χ0v) is 14.6. The van der Waals surface area contributed by atoms with Gasteiger partial charge in [-0.15, -0.1) is 0 Å². The Morgan fingerprint density at radius 2 is 1.32 bits per heavy atom. The molecule has 0 aliphatic heterocycles. The minimum absolute atomic E-state index is 0.0698. The number of esters is 1. The first-order valence-electron chi connectivity index (χ1n) is 8.91. The normalized spacial score (nSPS) is 11.9. The maximum atomic E-state index is 11.1. The number of allylic oxidation sites excluding steroid dienone is 6. The molecule has 0 rings (SSSR count). The third-order valence-corrected chi connectivity index (χ3v) is 3.31. The zero-order valence-electron chi connectivity index (χ0n) is 14.6. The van der Waals surface area contributed by atoms with Gasteiger partial charge in [0.05, 0.1) is 6.61 Å². The molecular weight excluding hydrogens is 272 g/mol. The number of hydrogen-bond acceptors (Lipinski definition) is 2. The Hall–Kier alpha value is -1.31. The molecule has 0 aliphatic rings. The first kappa shape index (κ1) is 20.7. The second kappa shape index (κ2) is 17.7. The van der Waals surface area contributed by atoms with Gasteiger partial charge < -0.3 is 4.74 Å². The van der Waals surface area contributed by atoms with Crippen LogP contribution in [0.1, 0.15) is 78.1 Å². The number of ether oxygens (including phenoxy) is 1. The molecule has 0 aromatic rings. The molecule has 0 N–H and O–H groups in total. The highest BCUT2D eigenvalue weighted by molar-refractivity contribution is 5.69. The lowest BCUT2D eigenvalue weighted by Gasteiger charge is -1.99. The molecule has 0 aromatic heterocycles. The molecule has 0 aromatic carbocycles. The van der Waals surface area contributed by atoms with Gasteiger partial charge in [0.2, 0.25) is 0 Å². The van der Waals surface area contributed by atoms with Gasteiger partial charge in [-0.25, -0.2) is 0 Å². The Morgan fingerprint density at radius 1 is 0.773 bits per heavy atom. The summed E-state index contributed by atoms with van der Waals surface area (Å²) in [6, 6.07) is 0. The van der Waals surface area contributed by atoms with Crippen molar-refractivity contribution in [2.24, 2.45) is 0 Å². The predicted octanol–water partition coefficient (Wildman–Crippen LogP) is 6.14. The third kappa shape index (κ3) is 16.7. The fraction of sp³-hybridized carbons (Fsp3) is 0.650. The summed E-state index contributed by atoms with van der Waals surface area (Å²) in [6.07, 6.45) is 24.2. The summed E-state index contributed by atoms with van der Waals surface area (Å²) in [7, 11) is 0. The first-order valence-corrected chi connectivity index (χ1v) is 8.91. The van der Waals surface area contributed by atoms with E-state index in [1.54, 1.807) is 0 Å². The molecule has 2 nitrogen and oxygen atoms in total. The van der Waals surface area contributed by atoms with Crippen molar-refractivity contribution in [2.75, 3.05) is 6.61 Å². The van der Waals surface area contributed by atoms with Gasteiger partial charge in [0.15, 0.2) is 0 Å². The second-order valence-electron chi connectivity index (χ2n) is 5.39. The number of carbonyl (C=O) groups is 1. The Balaban J connectivity index is 3.30. The van der Waals surface area contributed by atoms with Crippen molar-refractivity contribution in [1.29, 1.82) is 0 Å². The van der Waals surface area contributed by atoms with Gasteiger partial charge in [0.25, 0.3) is 0 Å². The molecule has 0 spiro atoms. The highest BCUT2D eigenvalue weighted by Gasteiger charge is 1.99. The average molecular weight is 306 g/mol. The molecule has 0 atom stereocenters. The lowest BCUT2D eigenvalue weighted by atomic mass is 10.1. The number of unbranched alkanes of at least 4 members (excludes halogenated alkanes) is 5. The molecular formula is C20H34O2. The molecule has 0 radical (unpaired) electrons. The molecule has 0 bridgehead atoms. The van der Waals surface area contributed by atoms with E-state index in [0.717, 1.165) is 32.1 Å². The molecule has 0 aliphatic carbocycles. The number of rotatable bonds is 14. The summed E-state index contributed by atoms with van der Waals surface area (Å²) in [5.41, 5.74) is 0. The summed E-state index contributed by atoms with van der Waals surface area (Å²) in [4.78, 5) is 11.1. The minimum Gasteiger partial charge on any atom is -0.466 e. The van der Waals surface area contributed by atoms with Gasteiger partial charge in [-0.3, -0.25) is 4.79 Å². The van der Waals surface area contributed by atoms with Crippen molar-refractivity contribution < 1.29 is 9.53 Å². The highest BCUT2D eigenvalue weighted by atomic mass is 16.5. The Kier molecular flexibility index (Phi) is 16.7. The summed E-state index contributed by atoms with van der Waals surface area (Å²) in [6.45, 7) is 4.51. The van der Waals surface area contributed by atoms with Crippen molar-refractivity contribution in [1.82, 2.24) is 0 Å². The number of hydrogen-bond donors (Lipinski definition) is 0. The van der Waals surface area contributed by atoms with E-state index < -0.39 is 0 Å². The van der Waals surface area contributed by atoms with Crippen LogP contribution in [-0.4, -0.2) is 12.6 Å². The fourth-order valence-electron chi connectivity index (χ4n) is 2.08. The molecule has 22 heavy (non-hydrogen) atoms. The Morgan fingerprint density at radius 3 is 1.86 bits per heavy atom. The molecule has 126 valence electrons. The van der Waals surface area contributed by atoms with Crippen LogP contribution >= 0.6 is 0 Å². The van der Waals surface area contributed by atoms with Gasteiger partial charge >= 0.3 is 5.97 Å². The van der Waals surface area contributed by atoms with Crippen LogP contribution in [0.2, 0.25) is 0 Å². The summed E-state index contributed by atoms with van der Waals surface area (Å²) in [5, 5.41) is 0. The van der Waals surface area contributed by atoms with E-state index >= 15 is 0 Å². The molecule has 0 saturated carbocycles. The van der Waals surface area contributed by atoms with E-state index in [0.29, 0.717) is 13.0 Å². The largest absolute Gasteiger partial charge is 0.466 e. The predicted molar refractivity (Wildman–Crippen MR) is 95.9 cm³/mol. The van der Waals surface area contributed by atoms with E-state index in [4.69, 9.17) is 4.74 Å². The topological polar surface area (TPSA) is 26.3 Å². The van der Waals surface area contributed by atoms with Crippen LogP contribution in [0, 0.1) is 0 Å². The van der Waals surface area contributed by atoms with Crippen LogP contribution in [0.3, 0.4) is 0 Å². The molecule has 0 saturated heterocycles. The smallest absolute Gasteiger partial charge is 0.305 e. The van der Waals surface area contributed by atoms with Crippen molar-refractivity contribution in [3.05, 3.63) is 36.5 Å². The second-order valence-corrected chi connectivity index (χ2v) is 5.39. The molecule has 0 unspecified atom stereocenters. The van der Waals surface area contributed by atoms with Gasteiger partial charge in [-0.1, -0.05) is 43.4 Å². The maximum Gasteiger partial charge on any atom is 0.305 e. The van der Waals surface area contributed by atoms with Crippen molar-refractivity contribution >= 4 is 5.97 Å². The van der Waals surface area contributed by atoms with E-state index in [-0.39, 0.29) is 5.97 Å². The van der Waals surface area contributed by atoms with Crippen LogP contribution in [-0.2, 0) is 9.53 Å². The van der Waals surface area contributed by atoms with Crippen LogP contribution in [0.15, 0.2) is 36.5 Å². The van der Waals surface area contributed by atoms with E-state index in [1.807, 2.05) is 6.92 Å². The van der Waals surface area contributed by atoms with Gasteiger partial charge in [0.1, 0.15) is 0 Å². The molecule has 0 amide bonds. The summed E-state index contributed by atoms with van der Waals surface area (Å²) >= 11 is 0. The average Bonchev–Trinajstić information content (AvgIpc) is 2.51. The highest BCUT2D eigenvalue weighted by Crippen LogP contribution is 2.04. The lowest BCUT2D eigenvalue weighted by Crippen LogP contribution is -2.02. The first-order chi connectivity index (χ1) is 10.8. The van der Waals surface area contributed by atoms with E-state index in [2.05, 4.69) is 43.4 Å². The van der Waals surface area contributed by atoms with Crippen LogP contribution in [0.4, 0.5) is 0 Å².